The monoisotopic (exact) mass is 295 g/mol. The predicted octanol–water partition coefficient (Wildman–Crippen LogP) is 0.375. The van der Waals surface area contributed by atoms with Crippen LogP contribution < -0.4 is 4.74 Å². The van der Waals surface area contributed by atoms with Gasteiger partial charge in [-0.05, 0) is 6.07 Å². The highest BCUT2D eigenvalue weighted by atomic mass is 24.3. The molecule has 0 radical (unpaired) electrons. The molecule has 0 aliphatic heterocycles. The summed E-state index contributed by atoms with van der Waals surface area (Å²) in [5, 5.41) is 28.6. The topological polar surface area (TPSA) is 127 Å². The Bertz CT molecular complexity index is 517. The van der Waals surface area contributed by atoms with Crippen molar-refractivity contribution in [1.29, 1.82) is 0 Å². The van der Waals surface area contributed by atoms with Crippen molar-refractivity contribution in [3.8, 4) is 5.75 Å². The zero-order chi connectivity index (χ0) is 14.6. The second-order valence-corrected chi connectivity index (χ2v) is 3.65. The summed E-state index contributed by atoms with van der Waals surface area (Å²) in [5.74, 6) is -3.54. The Morgan fingerprint density at radius 3 is 2.30 bits per heavy atom. The van der Waals surface area contributed by atoms with E-state index in [0.29, 0.717) is 0 Å². The lowest BCUT2D eigenvalue weighted by Crippen LogP contribution is -2.51. The molecule has 0 heterocycles. The summed E-state index contributed by atoms with van der Waals surface area (Å²) in [7, 11) is 0. The molecule has 0 aliphatic rings. The van der Waals surface area contributed by atoms with Crippen LogP contribution in [-0.2, 0) is 9.59 Å². The molecule has 2 N–H and O–H groups in total. The van der Waals surface area contributed by atoms with Crippen molar-refractivity contribution >= 4 is 40.7 Å². The van der Waals surface area contributed by atoms with Gasteiger partial charge in [-0.3, -0.25) is 10.1 Å². The van der Waals surface area contributed by atoms with Gasteiger partial charge in [-0.1, -0.05) is 13.0 Å². The maximum Gasteiger partial charge on any atom is 0.360 e. The summed E-state index contributed by atoms with van der Waals surface area (Å²) in [4.78, 5) is 32.0. The lowest BCUT2D eigenvalue weighted by atomic mass is 10.0. The molecule has 0 fully saturated rings. The van der Waals surface area contributed by atoms with Gasteiger partial charge in [0.05, 0.1) is 11.0 Å². The van der Waals surface area contributed by atoms with Crippen LogP contribution in [0.25, 0.3) is 0 Å². The van der Waals surface area contributed by atoms with E-state index in [0.717, 1.165) is 6.07 Å². The van der Waals surface area contributed by atoms with Gasteiger partial charge in [-0.25, -0.2) is 9.59 Å². The van der Waals surface area contributed by atoms with E-state index in [4.69, 9.17) is 14.9 Å². The molecule has 0 saturated carbocycles. The molecule has 0 bridgehead atoms. The van der Waals surface area contributed by atoms with Crippen LogP contribution >= 0.6 is 0 Å². The van der Waals surface area contributed by atoms with E-state index in [2.05, 4.69) is 0 Å². The Kier molecular flexibility index (Phi) is 6.39. The normalized spacial score (nSPS) is 10.2. The summed E-state index contributed by atoms with van der Waals surface area (Å²) in [5.41, 5.74) is -2.78. The Hall–Kier alpha value is -1.87. The average Bonchev–Trinajstić information content (AvgIpc) is 2.35. The summed E-state index contributed by atoms with van der Waals surface area (Å²) in [6.07, 6.45) is -0.333. The van der Waals surface area contributed by atoms with Crippen molar-refractivity contribution in [3.05, 3.63) is 34.4 Å². The SMILES string of the molecule is CCC(Oc1cccc([N+](=O)[O-])c1)(C(=O)O)C(=O)O.[MgH2]. The van der Waals surface area contributed by atoms with Crippen LogP contribution in [0.1, 0.15) is 13.3 Å². The fourth-order valence-corrected chi connectivity index (χ4v) is 1.42. The predicted molar refractivity (Wildman–Crippen MR) is 70.6 cm³/mol. The Labute approximate surface area is 129 Å². The molecular formula is C11H13MgNO7. The van der Waals surface area contributed by atoms with Crippen LogP contribution in [0.15, 0.2) is 24.3 Å². The average molecular weight is 296 g/mol. The highest BCUT2D eigenvalue weighted by Crippen LogP contribution is 2.26. The minimum atomic E-state index is -2.46. The number of nitrogens with zero attached hydrogens (tertiary/aromatic N) is 1. The van der Waals surface area contributed by atoms with Gasteiger partial charge in [0.15, 0.2) is 0 Å². The van der Waals surface area contributed by atoms with Crippen molar-refractivity contribution in [2.24, 2.45) is 0 Å². The molecule has 1 rings (SSSR count). The molecule has 0 spiro atoms. The Morgan fingerprint density at radius 2 is 1.90 bits per heavy atom. The second-order valence-electron chi connectivity index (χ2n) is 3.65. The van der Waals surface area contributed by atoms with Crippen molar-refractivity contribution in [3.63, 3.8) is 0 Å². The van der Waals surface area contributed by atoms with Gasteiger partial charge in [0.2, 0.25) is 0 Å². The van der Waals surface area contributed by atoms with E-state index in [9.17, 15) is 19.7 Å². The molecule has 0 saturated heterocycles. The van der Waals surface area contributed by atoms with E-state index in [1.54, 1.807) is 0 Å². The smallest absolute Gasteiger partial charge is 0.360 e. The molecular weight excluding hydrogens is 282 g/mol. The maximum atomic E-state index is 11.1. The molecule has 1 aromatic carbocycles. The zero-order valence-corrected chi connectivity index (χ0v) is 9.90. The largest absolute Gasteiger partial charge is 0.478 e. The fourth-order valence-electron chi connectivity index (χ4n) is 1.42. The van der Waals surface area contributed by atoms with Gasteiger partial charge in [-0.15, -0.1) is 0 Å². The van der Waals surface area contributed by atoms with Gasteiger partial charge < -0.3 is 14.9 Å². The number of rotatable bonds is 6. The molecule has 8 nitrogen and oxygen atoms in total. The first-order valence-electron chi connectivity index (χ1n) is 5.23. The highest BCUT2D eigenvalue weighted by Gasteiger charge is 2.48. The first kappa shape index (κ1) is 18.1. The van der Waals surface area contributed by atoms with Crippen LogP contribution in [0.2, 0.25) is 0 Å². The molecule has 0 atom stereocenters. The Morgan fingerprint density at radius 1 is 1.35 bits per heavy atom. The number of hydrogen-bond donors (Lipinski definition) is 2. The third-order valence-electron chi connectivity index (χ3n) is 2.51. The van der Waals surface area contributed by atoms with E-state index in [-0.39, 0.29) is 40.9 Å². The number of non-ortho nitro benzene ring substituents is 1. The van der Waals surface area contributed by atoms with E-state index in [1.807, 2.05) is 0 Å². The number of carboxylic acids is 2. The lowest BCUT2D eigenvalue weighted by molar-refractivity contribution is -0.385. The molecule has 0 amide bonds. The number of hydrogen-bond acceptors (Lipinski definition) is 5. The van der Waals surface area contributed by atoms with Crippen molar-refractivity contribution in [1.82, 2.24) is 0 Å². The third kappa shape index (κ3) is 3.57. The van der Waals surface area contributed by atoms with Crippen LogP contribution in [0.4, 0.5) is 5.69 Å². The van der Waals surface area contributed by atoms with Gasteiger partial charge in [0.1, 0.15) is 5.75 Å². The fraction of sp³-hybridized carbons (Fsp3) is 0.273. The van der Waals surface area contributed by atoms with Gasteiger partial charge in [-0.2, -0.15) is 0 Å². The molecule has 20 heavy (non-hydrogen) atoms. The van der Waals surface area contributed by atoms with Crippen LogP contribution in [0.3, 0.4) is 0 Å². The van der Waals surface area contributed by atoms with Crippen molar-refractivity contribution < 1.29 is 29.5 Å². The minimum Gasteiger partial charge on any atom is -0.478 e. The van der Waals surface area contributed by atoms with Crippen molar-refractivity contribution in [2.45, 2.75) is 18.9 Å². The van der Waals surface area contributed by atoms with Crippen LogP contribution in [0.5, 0.6) is 5.75 Å². The second kappa shape index (κ2) is 7.05. The molecule has 0 aliphatic carbocycles. The summed E-state index contributed by atoms with van der Waals surface area (Å²) >= 11 is 0. The quantitative estimate of drug-likeness (QED) is 0.336. The minimum absolute atomic E-state index is 0. The highest BCUT2D eigenvalue weighted by molar-refractivity contribution is 6.02. The number of aliphatic carboxylic acids is 2. The van der Waals surface area contributed by atoms with E-state index >= 15 is 0 Å². The third-order valence-corrected chi connectivity index (χ3v) is 2.51. The summed E-state index contributed by atoms with van der Waals surface area (Å²) in [6, 6.07) is 4.68. The molecule has 0 aromatic heterocycles. The number of ether oxygens (including phenoxy) is 1. The molecule has 0 unspecified atom stereocenters. The van der Waals surface area contributed by atoms with Crippen LogP contribution in [0, 0.1) is 10.1 Å². The number of nitro benzene ring substituents is 1. The van der Waals surface area contributed by atoms with Crippen molar-refractivity contribution in [2.75, 3.05) is 0 Å². The van der Waals surface area contributed by atoms with Crippen LogP contribution in [-0.4, -0.2) is 55.7 Å². The standard InChI is InChI=1S/C11H11NO7.Mg.2H/c1-2-11(9(13)14,10(15)16)19-8-5-3-4-7(6-8)12(17)18;;;/h3-6H,2H2,1H3,(H,13,14)(H,15,16);;;. The zero-order valence-electron chi connectivity index (χ0n) is 9.90. The van der Waals surface area contributed by atoms with Gasteiger partial charge >= 0.3 is 35.0 Å². The lowest BCUT2D eigenvalue weighted by Gasteiger charge is -2.24. The number of nitro groups is 1. The van der Waals surface area contributed by atoms with E-state index in [1.165, 1.54) is 25.1 Å². The summed E-state index contributed by atoms with van der Waals surface area (Å²) < 4.78 is 4.96. The molecule has 9 heteroatoms. The maximum absolute atomic E-state index is 11.1. The van der Waals surface area contributed by atoms with Gasteiger partial charge in [0, 0.05) is 12.5 Å². The first-order chi connectivity index (χ1) is 8.83. The van der Waals surface area contributed by atoms with Gasteiger partial charge in [0.25, 0.3) is 11.3 Å². The molecule has 106 valence electrons. The number of carboxylic acid groups (broad SMARTS) is 2. The molecule has 1 aromatic rings. The number of benzene rings is 1. The Balaban J connectivity index is 0.00000361. The van der Waals surface area contributed by atoms with E-state index < -0.39 is 22.5 Å². The number of carbonyl (C=O) groups is 2. The first-order valence-corrected chi connectivity index (χ1v) is 5.23. The summed E-state index contributed by atoms with van der Waals surface area (Å²) in [6.45, 7) is 1.33.